The first kappa shape index (κ1) is 10.0. The highest BCUT2D eigenvalue weighted by Crippen LogP contribution is 2.24. The highest BCUT2D eigenvalue weighted by atomic mass is 14.9. The normalized spacial score (nSPS) is 29.5. The fraction of sp³-hybridized carbons (Fsp3) is 1.00. The van der Waals surface area contributed by atoms with Gasteiger partial charge in [0.15, 0.2) is 0 Å². The van der Waals surface area contributed by atoms with E-state index in [2.05, 4.69) is 19.2 Å². The lowest BCUT2D eigenvalue weighted by molar-refractivity contribution is 0.489. The molecule has 0 spiro atoms. The Morgan fingerprint density at radius 2 is 2.08 bits per heavy atom. The zero-order valence-electron chi connectivity index (χ0n) is 8.60. The molecule has 0 aromatic rings. The molecule has 0 saturated heterocycles. The first-order chi connectivity index (χ1) is 5.83. The van der Waals surface area contributed by atoms with E-state index < -0.39 is 0 Å². The van der Waals surface area contributed by atoms with Crippen LogP contribution in [0.2, 0.25) is 0 Å². The van der Waals surface area contributed by atoms with Crippen molar-refractivity contribution in [3.63, 3.8) is 0 Å². The molecule has 1 nitrogen and oxygen atoms in total. The molecule has 0 radical (unpaired) electrons. The maximum atomic E-state index is 3.65. The number of nitrogens with one attached hydrogen (secondary N) is 1. The van der Waals surface area contributed by atoms with E-state index in [0.29, 0.717) is 0 Å². The summed E-state index contributed by atoms with van der Waals surface area (Å²) in [6, 6.07) is 0.844. The molecule has 0 heterocycles. The van der Waals surface area contributed by atoms with Crippen molar-refractivity contribution in [2.24, 2.45) is 5.92 Å². The first-order valence-corrected chi connectivity index (χ1v) is 5.56. The Balaban J connectivity index is 1.93. The molecule has 2 atom stereocenters. The number of unbranched alkanes of at least 4 members (excludes halogenated alkanes) is 2. The lowest BCUT2D eigenvalue weighted by Crippen LogP contribution is -2.27. The van der Waals surface area contributed by atoms with Crippen molar-refractivity contribution in [3.05, 3.63) is 0 Å². The Kier molecular flexibility index (Phi) is 4.67. The van der Waals surface area contributed by atoms with Crippen LogP contribution < -0.4 is 5.32 Å². The molecule has 0 amide bonds. The van der Waals surface area contributed by atoms with Crippen LogP contribution in [0.4, 0.5) is 0 Å². The number of hydrogen-bond acceptors (Lipinski definition) is 1. The summed E-state index contributed by atoms with van der Waals surface area (Å²) < 4.78 is 0. The summed E-state index contributed by atoms with van der Waals surface area (Å²) in [5.74, 6) is 0.966. The number of hydrogen-bond donors (Lipinski definition) is 1. The monoisotopic (exact) mass is 169 g/mol. The van der Waals surface area contributed by atoms with E-state index in [1.165, 1.54) is 45.1 Å². The smallest absolute Gasteiger partial charge is 0.00696 e. The van der Waals surface area contributed by atoms with Crippen LogP contribution in [0.3, 0.4) is 0 Å². The average molecular weight is 169 g/mol. The lowest BCUT2D eigenvalue weighted by Gasteiger charge is -2.11. The van der Waals surface area contributed by atoms with Crippen LogP contribution in [0.5, 0.6) is 0 Å². The van der Waals surface area contributed by atoms with Gasteiger partial charge in [0.25, 0.3) is 0 Å². The van der Waals surface area contributed by atoms with E-state index in [4.69, 9.17) is 0 Å². The molecule has 1 rings (SSSR count). The number of rotatable bonds is 5. The molecule has 1 aliphatic rings. The molecule has 1 saturated carbocycles. The second-order valence-electron chi connectivity index (χ2n) is 4.28. The van der Waals surface area contributed by atoms with E-state index >= 15 is 0 Å². The maximum Gasteiger partial charge on any atom is 0.00696 e. The SMILES string of the molecule is CCCCCNC1CCC(C)C1. The molecule has 0 aromatic carbocycles. The second-order valence-corrected chi connectivity index (χ2v) is 4.28. The minimum Gasteiger partial charge on any atom is -0.314 e. The van der Waals surface area contributed by atoms with E-state index in [-0.39, 0.29) is 0 Å². The summed E-state index contributed by atoms with van der Waals surface area (Å²) in [4.78, 5) is 0. The van der Waals surface area contributed by atoms with Crippen LogP contribution in [0.25, 0.3) is 0 Å². The van der Waals surface area contributed by atoms with Crippen molar-refractivity contribution < 1.29 is 0 Å². The quantitative estimate of drug-likeness (QED) is 0.624. The van der Waals surface area contributed by atoms with Crippen molar-refractivity contribution in [1.82, 2.24) is 5.32 Å². The van der Waals surface area contributed by atoms with Crippen LogP contribution in [0, 0.1) is 5.92 Å². The molecule has 1 aliphatic carbocycles. The molecule has 2 unspecified atom stereocenters. The fourth-order valence-corrected chi connectivity index (χ4v) is 2.07. The van der Waals surface area contributed by atoms with E-state index in [0.717, 1.165) is 12.0 Å². The molecule has 1 heteroatoms. The topological polar surface area (TPSA) is 12.0 Å². The maximum absolute atomic E-state index is 3.65. The summed E-state index contributed by atoms with van der Waals surface area (Å²) in [6.45, 7) is 5.87. The lowest BCUT2D eigenvalue weighted by atomic mass is 10.1. The van der Waals surface area contributed by atoms with Crippen LogP contribution in [-0.2, 0) is 0 Å². The van der Waals surface area contributed by atoms with Gasteiger partial charge in [0.1, 0.15) is 0 Å². The summed E-state index contributed by atoms with van der Waals surface area (Å²) in [7, 11) is 0. The van der Waals surface area contributed by atoms with Crippen LogP contribution in [-0.4, -0.2) is 12.6 Å². The molecule has 0 aliphatic heterocycles. The van der Waals surface area contributed by atoms with Gasteiger partial charge < -0.3 is 5.32 Å². The molecule has 0 bridgehead atoms. The standard InChI is InChI=1S/C11H23N/c1-3-4-5-8-12-11-7-6-10(2)9-11/h10-12H,3-9H2,1-2H3. The zero-order chi connectivity index (χ0) is 8.81. The Labute approximate surface area is 76.9 Å². The Morgan fingerprint density at radius 1 is 1.25 bits per heavy atom. The van der Waals surface area contributed by atoms with Crippen molar-refractivity contribution in [2.45, 2.75) is 58.4 Å². The first-order valence-electron chi connectivity index (χ1n) is 5.56. The molecule has 0 aromatic heterocycles. The third-order valence-corrected chi connectivity index (χ3v) is 2.91. The van der Waals surface area contributed by atoms with Gasteiger partial charge >= 0.3 is 0 Å². The highest BCUT2D eigenvalue weighted by molar-refractivity contribution is 4.77. The van der Waals surface area contributed by atoms with E-state index in [9.17, 15) is 0 Å². The van der Waals surface area contributed by atoms with Crippen LogP contribution in [0.1, 0.15) is 52.4 Å². The summed E-state index contributed by atoms with van der Waals surface area (Å²) in [5, 5.41) is 3.65. The van der Waals surface area contributed by atoms with Gasteiger partial charge in [-0.05, 0) is 38.1 Å². The van der Waals surface area contributed by atoms with Gasteiger partial charge in [0.05, 0.1) is 0 Å². The second kappa shape index (κ2) is 5.58. The van der Waals surface area contributed by atoms with Gasteiger partial charge in [0.2, 0.25) is 0 Å². The molecular weight excluding hydrogens is 146 g/mol. The van der Waals surface area contributed by atoms with Gasteiger partial charge in [-0.3, -0.25) is 0 Å². The Morgan fingerprint density at radius 3 is 2.67 bits per heavy atom. The minimum atomic E-state index is 0.844. The predicted octanol–water partition coefficient (Wildman–Crippen LogP) is 2.95. The highest BCUT2D eigenvalue weighted by Gasteiger charge is 2.19. The van der Waals surface area contributed by atoms with Crippen molar-refractivity contribution in [3.8, 4) is 0 Å². The van der Waals surface area contributed by atoms with Gasteiger partial charge in [-0.25, -0.2) is 0 Å². The summed E-state index contributed by atoms with van der Waals surface area (Å²) >= 11 is 0. The summed E-state index contributed by atoms with van der Waals surface area (Å²) in [5.41, 5.74) is 0. The van der Waals surface area contributed by atoms with Crippen molar-refractivity contribution in [2.75, 3.05) is 6.54 Å². The van der Waals surface area contributed by atoms with Gasteiger partial charge in [-0.1, -0.05) is 26.7 Å². The molecule has 72 valence electrons. The van der Waals surface area contributed by atoms with E-state index in [1.54, 1.807) is 0 Å². The van der Waals surface area contributed by atoms with Gasteiger partial charge in [-0.2, -0.15) is 0 Å². The molecule has 1 N–H and O–H groups in total. The molecule has 1 fully saturated rings. The molecular formula is C11H23N. The minimum absolute atomic E-state index is 0.844. The van der Waals surface area contributed by atoms with Crippen molar-refractivity contribution in [1.29, 1.82) is 0 Å². The third kappa shape index (κ3) is 3.57. The Hall–Kier alpha value is -0.0400. The van der Waals surface area contributed by atoms with E-state index in [1.807, 2.05) is 0 Å². The zero-order valence-corrected chi connectivity index (χ0v) is 8.60. The molecule has 12 heavy (non-hydrogen) atoms. The van der Waals surface area contributed by atoms with Gasteiger partial charge in [-0.15, -0.1) is 0 Å². The fourth-order valence-electron chi connectivity index (χ4n) is 2.07. The predicted molar refractivity (Wildman–Crippen MR) is 54.3 cm³/mol. The average Bonchev–Trinajstić information content (AvgIpc) is 2.45. The third-order valence-electron chi connectivity index (χ3n) is 2.91. The van der Waals surface area contributed by atoms with Crippen LogP contribution in [0.15, 0.2) is 0 Å². The Bertz CT molecular complexity index is 112. The van der Waals surface area contributed by atoms with Crippen molar-refractivity contribution >= 4 is 0 Å². The summed E-state index contributed by atoms with van der Waals surface area (Å²) in [6.07, 6.45) is 8.34. The largest absolute Gasteiger partial charge is 0.314 e. The van der Waals surface area contributed by atoms with Gasteiger partial charge in [0, 0.05) is 6.04 Å². The van der Waals surface area contributed by atoms with Crippen LogP contribution >= 0.6 is 0 Å².